The Morgan fingerprint density at radius 1 is 1.15 bits per heavy atom. The fourth-order valence-electron chi connectivity index (χ4n) is 2.32. The van der Waals surface area contributed by atoms with E-state index in [0.29, 0.717) is 38.7 Å². The third-order valence-corrected chi connectivity index (χ3v) is 4.96. The quantitative estimate of drug-likeness (QED) is 0.611. The SMILES string of the molecule is CCOc1ccc(S(=O)(=O)NNC(=O)CCC(=O)N2CCOCC2)cc1. The van der Waals surface area contributed by atoms with Crippen LogP contribution in [0.15, 0.2) is 29.2 Å². The Morgan fingerprint density at radius 2 is 1.81 bits per heavy atom. The Morgan fingerprint density at radius 3 is 2.42 bits per heavy atom. The van der Waals surface area contributed by atoms with Crippen LogP contribution in [-0.4, -0.2) is 58.0 Å². The highest BCUT2D eigenvalue weighted by Gasteiger charge is 2.19. The Labute approximate surface area is 152 Å². The minimum absolute atomic E-state index is 0.00866. The first-order valence-electron chi connectivity index (χ1n) is 8.31. The van der Waals surface area contributed by atoms with Gasteiger partial charge in [-0.15, -0.1) is 4.83 Å². The van der Waals surface area contributed by atoms with Crippen molar-refractivity contribution in [3.05, 3.63) is 24.3 Å². The maximum atomic E-state index is 12.1. The van der Waals surface area contributed by atoms with E-state index in [1.165, 1.54) is 24.3 Å². The summed E-state index contributed by atoms with van der Waals surface area (Å²) in [5.74, 6) is -0.184. The van der Waals surface area contributed by atoms with E-state index in [1.807, 2.05) is 11.8 Å². The number of hydrogen-bond donors (Lipinski definition) is 2. The number of hydrazine groups is 1. The Balaban J connectivity index is 1.78. The van der Waals surface area contributed by atoms with Crippen LogP contribution in [0.2, 0.25) is 0 Å². The molecule has 0 saturated carbocycles. The van der Waals surface area contributed by atoms with Crippen LogP contribution in [0.4, 0.5) is 0 Å². The molecule has 1 aromatic carbocycles. The average molecular weight is 385 g/mol. The van der Waals surface area contributed by atoms with Crippen molar-refractivity contribution < 1.29 is 27.5 Å². The molecule has 1 fully saturated rings. The zero-order valence-corrected chi connectivity index (χ0v) is 15.4. The minimum atomic E-state index is -3.90. The number of carbonyl (C=O) groups is 2. The van der Waals surface area contributed by atoms with Gasteiger partial charge in [-0.3, -0.25) is 15.0 Å². The van der Waals surface area contributed by atoms with Gasteiger partial charge in [0.2, 0.25) is 11.8 Å². The predicted octanol–water partition coefficient (Wildman–Crippen LogP) is 0.0338. The average Bonchev–Trinajstić information content (AvgIpc) is 2.66. The van der Waals surface area contributed by atoms with Crippen LogP contribution in [0.25, 0.3) is 0 Å². The first-order chi connectivity index (χ1) is 12.4. The van der Waals surface area contributed by atoms with Crippen molar-refractivity contribution in [2.24, 2.45) is 0 Å². The summed E-state index contributed by atoms with van der Waals surface area (Å²) < 4.78 is 34.7. The van der Waals surface area contributed by atoms with Crippen molar-refractivity contribution in [1.29, 1.82) is 0 Å². The van der Waals surface area contributed by atoms with Crippen LogP contribution >= 0.6 is 0 Å². The van der Waals surface area contributed by atoms with Gasteiger partial charge in [0.25, 0.3) is 10.0 Å². The van der Waals surface area contributed by atoms with Gasteiger partial charge in [0.1, 0.15) is 5.75 Å². The molecule has 0 atom stereocenters. The van der Waals surface area contributed by atoms with Crippen LogP contribution in [0.1, 0.15) is 19.8 Å². The van der Waals surface area contributed by atoms with Crippen LogP contribution < -0.4 is 15.0 Å². The maximum Gasteiger partial charge on any atom is 0.257 e. The van der Waals surface area contributed by atoms with Gasteiger partial charge in [0.05, 0.1) is 24.7 Å². The number of nitrogens with zero attached hydrogens (tertiary/aromatic N) is 1. The summed E-state index contributed by atoms with van der Waals surface area (Å²) >= 11 is 0. The molecule has 2 rings (SSSR count). The Hall–Kier alpha value is -2.17. The second-order valence-electron chi connectivity index (χ2n) is 5.55. The van der Waals surface area contributed by atoms with Gasteiger partial charge in [-0.05, 0) is 31.2 Å². The molecule has 0 bridgehead atoms. The lowest BCUT2D eigenvalue weighted by Gasteiger charge is -2.26. The van der Waals surface area contributed by atoms with E-state index in [1.54, 1.807) is 4.90 Å². The van der Waals surface area contributed by atoms with Gasteiger partial charge in [0.15, 0.2) is 0 Å². The van der Waals surface area contributed by atoms with Gasteiger partial charge in [-0.25, -0.2) is 8.42 Å². The Kier molecular flexibility index (Phi) is 7.37. The van der Waals surface area contributed by atoms with Crippen molar-refractivity contribution in [2.75, 3.05) is 32.9 Å². The number of hydrogen-bond acceptors (Lipinski definition) is 6. The van der Waals surface area contributed by atoms with Crippen molar-refractivity contribution in [1.82, 2.24) is 15.2 Å². The van der Waals surface area contributed by atoms with Crippen molar-refractivity contribution >= 4 is 21.8 Å². The van der Waals surface area contributed by atoms with E-state index >= 15 is 0 Å². The van der Waals surface area contributed by atoms with Crippen LogP contribution in [0.3, 0.4) is 0 Å². The highest BCUT2D eigenvalue weighted by atomic mass is 32.2. The third kappa shape index (κ3) is 5.97. The molecular weight excluding hydrogens is 362 g/mol. The molecule has 2 amide bonds. The van der Waals surface area contributed by atoms with Crippen LogP contribution in [0, 0.1) is 0 Å². The second kappa shape index (κ2) is 9.51. The molecule has 1 aromatic rings. The molecule has 1 aliphatic heterocycles. The maximum absolute atomic E-state index is 12.1. The molecule has 1 heterocycles. The standard InChI is InChI=1S/C16H23N3O6S/c1-2-25-13-3-5-14(6-4-13)26(22,23)18-17-15(20)7-8-16(21)19-9-11-24-12-10-19/h3-6,18H,2,7-12H2,1H3,(H,17,20). The molecular formula is C16H23N3O6S. The van der Waals surface area contributed by atoms with E-state index in [4.69, 9.17) is 9.47 Å². The normalized spacial score (nSPS) is 14.7. The van der Waals surface area contributed by atoms with Gasteiger partial charge >= 0.3 is 0 Å². The van der Waals surface area contributed by atoms with Gasteiger partial charge < -0.3 is 14.4 Å². The molecule has 9 nitrogen and oxygen atoms in total. The number of morpholine rings is 1. The first-order valence-corrected chi connectivity index (χ1v) is 9.79. The predicted molar refractivity (Wildman–Crippen MR) is 92.7 cm³/mol. The van der Waals surface area contributed by atoms with Gasteiger partial charge in [-0.2, -0.15) is 0 Å². The lowest BCUT2D eigenvalue weighted by molar-refractivity contribution is -0.137. The number of sulfonamides is 1. The first kappa shape index (κ1) is 20.1. The van der Waals surface area contributed by atoms with Crippen LogP contribution in [0.5, 0.6) is 5.75 Å². The van der Waals surface area contributed by atoms with E-state index < -0.39 is 15.9 Å². The van der Waals surface area contributed by atoms with E-state index in [0.717, 1.165) is 0 Å². The summed E-state index contributed by atoms with van der Waals surface area (Å²) in [7, 11) is -3.90. The fourth-order valence-corrected chi connectivity index (χ4v) is 3.18. The van der Waals surface area contributed by atoms with E-state index in [2.05, 4.69) is 5.43 Å². The molecule has 0 unspecified atom stereocenters. The van der Waals surface area contributed by atoms with Crippen LogP contribution in [-0.2, 0) is 24.3 Å². The summed E-state index contributed by atoms with van der Waals surface area (Å²) in [5.41, 5.74) is 2.12. The zero-order valence-electron chi connectivity index (χ0n) is 14.6. The van der Waals surface area contributed by atoms with Crippen molar-refractivity contribution in [2.45, 2.75) is 24.7 Å². The number of rotatable bonds is 8. The van der Waals surface area contributed by atoms with E-state index in [9.17, 15) is 18.0 Å². The number of benzene rings is 1. The summed E-state index contributed by atoms with van der Waals surface area (Å²) in [6, 6.07) is 5.81. The lowest BCUT2D eigenvalue weighted by atomic mass is 10.2. The summed E-state index contributed by atoms with van der Waals surface area (Å²) in [6.45, 7) is 4.28. The smallest absolute Gasteiger partial charge is 0.257 e. The molecule has 10 heteroatoms. The minimum Gasteiger partial charge on any atom is -0.494 e. The molecule has 26 heavy (non-hydrogen) atoms. The summed E-state index contributed by atoms with van der Waals surface area (Å²) in [5, 5.41) is 0. The number of carbonyl (C=O) groups excluding carboxylic acids is 2. The highest BCUT2D eigenvalue weighted by molar-refractivity contribution is 7.89. The van der Waals surface area contributed by atoms with E-state index in [-0.39, 0.29) is 23.6 Å². The highest BCUT2D eigenvalue weighted by Crippen LogP contribution is 2.15. The number of amides is 2. The van der Waals surface area contributed by atoms with Gasteiger partial charge in [0, 0.05) is 25.9 Å². The molecule has 144 valence electrons. The molecule has 2 N–H and O–H groups in total. The largest absolute Gasteiger partial charge is 0.494 e. The fraction of sp³-hybridized carbons (Fsp3) is 0.500. The second-order valence-corrected chi connectivity index (χ2v) is 7.23. The molecule has 1 saturated heterocycles. The molecule has 0 aliphatic carbocycles. The molecule has 0 radical (unpaired) electrons. The molecule has 1 aliphatic rings. The number of nitrogens with one attached hydrogen (secondary N) is 2. The summed E-state index contributed by atoms with van der Waals surface area (Å²) in [4.78, 5) is 27.4. The molecule has 0 spiro atoms. The third-order valence-electron chi connectivity index (χ3n) is 3.70. The topological polar surface area (TPSA) is 114 Å². The Bertz CT molecular complexity index is 714. The molecule has 0 aromatic heterocycles. The monoisotopic (exact) mass is 385 g/mol. The number of ether oxygens (including phenoxy) is 2. The zero-order chi connectivity index (χ0) is 19.0. The lowest BCUT2D eigenvalue weighted by Crippen LogP contribution is -2.43. The summed E-state index contributed by atoms with van der Waals surface area (Å²) in [6.07, 6.45) is -0.0986. The van der Waals surface area contributed by atoms with Crippen molar-refractivity contribution in [3.8, 4) is 5.75 Å². The van der Waals surface area contributed by atoms with Gasteiger partial charge in [-0.1, -0.05) is 0 Å². The van der Waals surface area contributed by atoms with Crippen molar-refractivity contribution in [3.63, 3.8) is 0 Å².